The summed E-state index contributed by atoms with van der Waals surface area (Å²) in [5.41, 5.74) is 2.95. The van der Waals surface area contributed by atoms with E-state index < -0.39 is 0 Å². The molecule has 2 rings (SSSR count). The van der Waals surface area contributed by atoms with Crippen LogP contribution in [0.3, 0.4) is 0 Å². The molecule has 0 aliphatic carbocycles. The van der Waals surface area contributed by atoms with E-state index in [9.17, 15) is 0 Å². The molecule has 1 N–H and O–H groups in total. The average Bonchev–Trinajstić information content (AvgIpc) is 2.74. The van der Waals surface area contributed by atoms with Crippen LogP contribution in [0.5, 0.6) is 0 Å². The van der Waals surface area contributed by atoms with E-state index in [0.717, 1.165) is 12.2 Å². The highest BCUT2D eigenvalue weighted by Gasteiger charge is 2.05. The number of anilines is 1. The average molecular weight is 267 g/mol. The Morgan fingerprint density at radius 3 is 2.42 bits per heavy atom. The molecule has 4 heteroatoms. The van der Waals surface area contributed by atoms with Crippen molar-refractivity contribution in [1.82, 2.24) is 0 Å². The van der Waals surface area contributed by atoms with Gasteiger partial charge in [0.1, 0.15) is 12.1 Å². The quantitative estimate of drug-likeness (QED) is 0.922. The van der Waals surface area contributed by atoms with Gasteiger partial charge in [0, 0.05) is 22.0 Å². The molecular formula is C15H13N3S. The van der Waals surface area contributed by atoms with Crippen LogP contribution >= 0.6 is 11.3 Å². The number of rotatable bonds is 3. The molecule has 1 aromatic carbocycles. The summed E-state index contributed by atoms with van der Waals surface area (Å²) in [5, 5.41) is 21.1. The summed E-state index contributed by atoms with van der Waals surface area (Å²) in [5.74, 6) is 0. The van der Waals surface area contributed by atoms with Crippen molar-refractivity contribution in [3.63, 3.8) is 0 Å². The predicted octanol–water partition coefficient (Wildman–Crippen LogP) is 3.72. The Bertz CT molecular complexity index is 686. The van der Waals surface area contributed by atoms with Gasteiger partial charge in [0.2, 0.25) is 0 Å². The normalized spacial score (nSPS) is 9.68. The molecule has 0 saturated heterocycles. The zero-order chi connectivity index (χ0) is 13.8. The van der Waals surface area contributed by atoms with Crippen molar-refractivity contribution in [1.29, 1.82) is 10.5 Å². The number of nitrogens with one attached hydrogen (secondary N) is 1. The lowest BCUT2D eigenvalue weighted by Gasteiger charge is -2.07. The van der Waals surface area contributed by atoms with Gasteiger partial charge in [0.05, 0.1) is 11.1 Å². The number of aryl methyl sites for hydroxylation is 2. The first-order valence-electron chi connectivity index (χ1n) is 5.88. The smallest absolute Gasteiger partial charge is 0.101 e. The summed E-state index contributed by atoms with van der Waals surface area (Å²) in [4.78, 5) is 2.60. The van der Waals surface area contributed by atoms with Gasteiger partial charge in [-0.05, 0) is 43.7 Å². The first-order valence-corrected chi connectivity index (χ1v) is 6.69. The molecule has 0 aliphatic rings. The molecule has 0 aliphatic heterocycles. The number of benzene rings is 1. The topological polar surface area (TPSA) is 59.6 Å². The lowest BCUT2D eigenvalue weighted by Crippen LogP contribution is -2.00. The van der Waals surface area contributed by atoms with Gasteiger partial charge in [-0.25, -0.2) is 0 Å². The molecule has 0 unspecified atom stereocenters. The lowest BCUT2D eigenvalue weighted by atomic mass is 10.1. The number of nitrogens with zero attached hydrogens (tertiary/aromatic N) is 2. The number of hydrogen-bond acceptors (Lipinski definition) is 4. The monoisotopic (exact) mass is 267 g/mol. The first kappa shape index (κ1) is 13.1. The molecule has 0 fully saturated rings. The molecule has 1 heterocycles. The van der Waals surface area contributed by atoms with Gasteiger partial charge < -0.3 is 5.32 Å². The number of nitriles is 2. The van der Waals surface area contributed by atoms with E-state index in [-0.39, 0.29) is 0 Å². The Hall–Kier alpha value is -2.30. The Kier molecular flexibility index (Phi) is 3.85. The predicted molar refractivity (Wildman–Crippen MR) is 77.0 cm³/mol. The minimum atomic E-state index is 0.408. The highest BCUT2D eigenvalue weighted by molar-refractivity contribution is 7.12. The molecule has 3 nitrogen and oxygen atoms in total. The fourth-order valence-electron chi connectivity index (χ4n) is 1.90. The number of hydrogen-bond donors (Lipinski definition) is 1. The van der Waals surface area contributed by atoms with Crippen molar-refractivity contribution in [3.05, 3.63) is 50.7 Å². The van der Waals surface area contributed by atoms with E-state index in [2.05, 4.69) is 25.2 Å². The summed E-state index contributed by atoms with van der Waals surface area (Å²) in [6.45, 7) is 4.93. The molecule has 19 heavy (non-hydrogen) atoms. The van der Waals surface area contributed by atoms with Gasteiger partial charge >= 0.3 is 0 Å². The Morgan fingerprint density at radius 2 is 1.84 bits per heavy atom. The molecule has 0 spiro atoms. The maximum Gasteiger partial charge on any atom is 0.101 e. The van der Waals surface area contributed by atoms with Crippen LogP contribution in [0.2, 0.25) is 0 Å². The van der Waals surface area contributed by atoms with Crippen molar-refractivity contribution in [2.75, 3.05) is 5.32 Å². The second-order valence-electron chi connectivity index (χ2n) is 4.28. The van der Waals surface area contributed by atoms with Crippen molar-refractivity contribution in [2.45, 2.75) is 20.4 Å². The van der Waals surface area contributed by atoms with E-state index >= 15 is 0 Å². The van der Waals surface area contributed by atoms with E-state index in [1.807, 2.05) is 18.2 Å². The van der Waals surface area contributed by atoms with Gasteiger partial charge in [-0.3, -0.25) is 0 Å². The third-order valence-corrected chi connectivity index (χ3v) is 3.90. The maximum absolute atomic E-state index is 8.98. The van der Waals surface area contributed by atoms with Crippen LogP contribution in [-0.2, 0) is 6.54 Å². The van der Waals surface area contributed by atoms with Gasteiger partial charge in [0.15, 0.2) is 0 Å². The van der Waals surface area contributed by atoms with Crippen molar-refractivity contribution < 1.29 is 0 Å². The van der Waals surface area contributed by atoms with Crippen LogP contribution in [0.4, 0.5) is 5.69 Å². The lowest BCUT2D eigenvalue weighted by molar-refractivity contribution is 1.14. The Labute approximate surface area is 116 Å². The minimum absolute atomic E-state index is 0.408. The van der Waals surface area contributed by atoms with E-state index in [1.165, 1.54) is 15.3 Å². The zero-order valence-electron chi connectivity index (χ0n) is 10.8. The van der Waals surface area contributed by atoms with Crippen LogP contribution in [-0.4, -0.2) is 0 Å². The van der Waals surface area contributed by atoms with Gasteiger partial charge in [-0.2, -0.15) is 10.5 Å². The highest BCUT2D eigenvalue weighted by atomic mass is 32.1. The van der Waals surface area contributed by atoms with Gasteiger partial charge in [-0.15, -0.1) is 11.3 Å². The summed E-state index contributed by atoms with van der Waals surface area (Å²) < 4.78 is 0. The first-order chi connectivity index (χ1) is 9.13. The van der Waals surface area contributed by atoms with Crippen molar-refractivity contribution >= 4 is 17.0 Å². The van der Waals surface area contributed by atoms with Crippen LogP contribution in [0.25, 0.3) is 0 Å². The molecule has 0 saturated carbocycles. The molecule has 2 aromatic rings. The zero-order valence-corrected chi connectivity index (χ0v) is 11.6. The molecule has 0 atom stereocenters. The fraction of sp³-hybridized carbons (Fsp3) is 0.200. The molecule has 0 radical (unpaired) electrons. The molecular weight excluding hydrogens is 254 g/mol. The fourth-order valence-corrected chi connectivity index (χ4v) is 2.85. The molecule has 0 bridgehead atoms. The van der Waals surface area contributed by atoms with Crippen LogP contribution in [0, 0.1) is 36.5 Å². The van der Waals surface area contributed by atoms with E-state index in [1.54, 1.807) is 23.5 Å². The van der Waals surface area contributed by atoms with E-state index in [0.29, 0.717) is 11.1 Å². The summed E-state index contributed by atoms with van der Waals surface area (Å²) >= 11 is 1.78. The largest absolute Gasteiger partial charge is 0.381 e. The SMILES string of the molecule is Cc1cc(CNc2ccc(C#N)c(C#N)c2)c(C)s1. The van der Waals surface area contributed by atoms with Crippen molar-refractivity contribution in [2.24, 2.45) is 0 Å². The van der Waals surface area contributed by atoms with Crippen LogP contribution in [0.15, 0.2) is 24.3 Å². The summed E-state index contributed by atoms with van der Waals surface area (Å²) in [6.07, 6.45) is 0. The maximum atomic E-state index is 8.98. The van der Waals surface area contributed by atoms with Gasteiger partial charge in [-0.1, -0.05) is 0 Å². The molecule has 1 aromatic heterocycles. The standard InChI is InChI=1S/C15H13N3S/c1-10-5-14(11(2)19-10)9-18-15-4-3-12(7-16)13(6-15)8-17/h3-6,18H,9H2,1-2H3. The highest BCUT2D eigenvalue weighted by Crippen LogP contribution is 2.22. The Morgan fingerprint density at radius 1 is 1.11 bits per heavy atom. The summed E-state index contributed by atoms with van der Waals surface area (Å²) in [7, 11) is 0. The number of thiophene rings is 1. The Balaban J connectivity index is 2.15. The van der Waals surface area contributed by atoms with Crippen LogP contribution in [0.1, 0.15) is 26.4 Å². The molecule has 94 valence electrons. The third kappa shape index (κ3) is 2.93. The second kappa shape index (κ2) is 5.56. The minimum Gasteiger partial charge on any atom is -0.381 e. The summed E-state index contributed by atoms with van der Waals surface area (Å²) in [6, 6.07) is 11.4. The van der Waals surface area contributed by atoms with Crippen molar-refractivity contribution in [3.8, 4) is 12.1 Å². The second-order valence-corrected chi connectivity index (χ2v) is 5.74. The van der Waals surface area contributed by atoms with Crippen LogP contribution < -0.4 is 5.32 Å². The van der Waals surface area contributed by atoms with Gasteiger partial charge in [0.25, 0.3) is 0 Å². The molecule has 0 amide bonds. The van der Waals surface area contributed by atoms with E-state index in [4.69, 9.17) is 10.5 Å². The third-order valence-electron chi connectivity index (χ3n) is 2.89.